The Morgan fingerprint density at radius 3 is 2.25 bits per heavy atom. The molecule has 0 radical (unpaired) electrons. The minimum atomic E-state index is -3.53. The van der Waals surface area contributed by atoms with Crippen molar-refractivity contribution < 1.29 is 18.0 Å². The molecule has 0 fully saturated rings. The van der Waals surface area contributed by atoms with Crippen LogP contribution in [-0.4, -0.2) is 50.5 Å². The SMILES string of the molecule is Cc1cccc(CN(C(=O)CCCN(c2cc(C)ccc2C)S(C)(=O)=O)[C@H](C)C(=O)NCC(C)C)c1. The van der Waals surface area contributed by atoms with Crippen molar-refractivity contribution in [3.05, 3.63) is 64.7 Å². The largest absolute Gasteiger partial charge is 0.354 e. The van der Waals surface area contributed by atoms with Gasteiger partial charge in [0.2, 0.25) is 21.8 Å². The summed E-state index contributed by atoms with van der Waals surface area (Å²) in [5, 5.41) is 2.92. The Morgan fingerprint density at radius 1 is 0.972 bits per heavy atom. The highest BCUT2D eigenvalue weighted by Crippen LogP contribution is 2.24. The number of nitrogens with one attached hydrogen (secondary N) is 1. The standard InChI is InChI=1S/C28H41N3O4S/c1-20(2)18-29-28(33)24(6)30(19-25-11-8-10-21(3)16-25)27(32)12-9-15-31(36(7,34)35)26-17-22(4)13-14-23(26)5/h8,10-11,13-14,16-17,20,24H,9,12,15,18-19H2,1-7H3,(H,29,33)/t24-/m1/s1. The van der Waals surface area contributed by atoms with Crippen LogP contribution in [0.25, 0.3) is 0 Å². The molecule has 36 heavy (non-hydrogen) atoms. The van der Waals surface area contributed by atoms with E-state index < -0.39 is 16.1 Å². The molecule has 0 saturated heterocycles. The molecule has 1 N–H and O–H groups in total. The van der Waals surface area contributed by atoms with Crippen LogP contribution < -0.4 is 9.62 Å². The molecule has 0 aliphatic rings. The van der Waals surface area contributed by atoms with Gasteiger partial charge in [0.1, 0.15) is 6.04 Å². The molecular formula is C28H41N3O4S. The van der Waals surface area contributed by atoms with E-state index in [9.17, 15) is 18.0 Å². The van der Waals surface area contributed by atoms with Gasteiger partial charge in [-0.3, -0.25) is 13.9 Å². The third kappa shape index (κ3) is 8.66. The van der Waals surface area contributed by atoms with Gasteiger partial charge < -0.3 is 10.2 Å². The van der Waals surface area contributed by atoms with Gasteiger partial charge in [-0.25, -0.2) is 8.42 Å². The maximum absolute atomic E-state index is 13.4. The topological polar surface area (TPSA) is 86.8 Å². The van der Waals surface area contributed by atoms with E-state index in [2.05, 4.69) is 5.32 Å². The summed E-state index contributed by atoms with van der Waals surface area (Å²) in [4.78, 5) is 27.8. The van der Waals surface area contributed by atoms with E-state index in [1.54, 1.807) is 11.8 Å². The van der Waals surface area contributed by atoms with Crippen molar-refractivity contribution in [3.8, 4) is 0 Å². The minimum Gasteiger partial charge on any atom is -0.354 e. The van der Waals surface area contributed by atoms with Crippen LogP contribution >= 0.6 is 0 Å². The van der Waals surface area contributed by atoms with Crippen molar-refractivity contribution in [1.29, 1.82) is 0 Å². The number of hydrogen-bond donors (Lipinski definition) is 1. The Morgan fingerprint density at radius 2 is 1.64 bits per heavy atom. The second kappa shape index (κ2) is 12.9. The molecule has 0 bridgehead atoms. The lowest BCUT2D eigenvalue weighted by molar-refractivity contribution is -0.140. The molecule has 0 aromatic heterocycles. The van der Waals surface area contributed by atoms with E-state index in [0.29, 0.717) is 31.1 Å². The number of amides is 2. The summed E-state index contributed by atoms with van der Waals surface area (Å²) >= 11 is 0. The van der Waals surface area contributed by atoms with Gasteiger partial charge in [0, 0.05) is 26.1 Å². The number of carbonyl (C=O) groups excluding carboxylic acids is 2. The van der Waals surface area contributed by atoms with Crippen LogP contribution in [0.1, 0.15) is 55.9 Å². The monoisotopic (exact) mass is 515 g/mol. The molecule has 0 aliphatic carbocycles. The number of benzene rings is 2. The van der Waals surface area contributed by atoms with Crippen LogP contribution in [0.5, 0.6) is 0 Å². The van der Waals surface area contributed by atoms with Crippen molar-refractivity contribution >= 4 is 27.5 Å². The van der Waals surface area contributed by atoms with Crippen LogP contribution in [0.15, 0.2) is 42.5 Å². The van der Waals surface area contributed by atoms with Gasteiger partial charge in [0.05, 0.1) is 11.9 Å². The third-order valence-corrected chi connectivity index (χ3v) is 7.25. The third-order valence-electron chi connectivity index (χ3n) is 6.07. The first-order chi connectivity index (χ1) is 16.8. The van der Waals surface area contributed by atoms with E-state index in [1.807, 2.05) is 77.1 Å². The fourth-order valence-corrected chi connectivity index (χ4v) is 5.03. The summed E-state index contributed by atoms with van der Waals surface area (Å²) < 4.78 is 26.5. The number of carbonyl (C=O) groups is 2. The molecule has 2 amide bonds. The number of anilines is 1. The Bertz CT molecular complexity index is 1160. The van der Waals surface area contributed by atoms with Crippen LogP contribution in [0.3, 0.4) is 0 Å². The molecule has 0 heterocycles. The average Bonchev–Trinajstić information content (AvgIpc) is 2.79. The molecule has 0 spiro atoms. The minimum absolute atomic E-state index is 0.129. The van der Waals surface area contributed by atoms with E-state index >= 15 is 0 Å². The first-order valence-electron chi connectivity index (χ1n) is 12.5. The van der Waals surface area contributed by atoms with Crippen LogP contribution in [0, 0.1) is 26.7 Å². The molecule has 2 aromatic carbocycles. The lowest BCUT2D eigenvalue weighted by Crippen LogP contribution is -2.48. The van der Waals surface area contributed by atoms with Crippen LogP contribution in [0.2, 0.25) is 0 Å². The van der Waals surface area contributed by atoms with Gasteiger partial charge in [0.15, 0.2) is 0 Å². The molecule has 8 heteroatoms. The molecule has 0 saturated carbocycles. The molecule has 2 aromatic rings. The smallest absolute Gasteiger partial charge is 0.242 e. The van der Waals surface area contributed by atoms with Gasteiger partial charge in [0.25, 0.3) is 0 Å². The van der Waals surface area contributed by atoms with Crippen LogP contribution in [0.4, 0.5) is 5.69 Å². The van der Waals surface area contributed by atoms with Gasteiger partial charge in [-0.2, -0.15) is 0 Å². The van der Waals surface area contributed by atoms with Gasteiger partial charge >= 0.3 is 0 Å². The Hall–Kier alpha value is -2.87. The number of hydrogen-bond acceptors (Lipinski definition) is 4. The van der Waals surface area contributed by atoms with Gasteiger partial charge in [-0.05, 0) is 62.8 Å². The molecule has 0 unspecified atom stereocenters. The van der Waals surface area contributed by atoms with E-state index in [4.69, 9.17) is 0 Å². The highest BCUT2D eigenvalue weighted by molar-refractivity contribution is 7.92. The predicted octanol–water partition coefficient (Wildman–Crippen LogP) is 4.35. The quantitative estimate of drug-likeness (QED) is 0.455. The Balaban J connectivity index is 2.19. The summed E-state index contributed by atoms with van der Waals surface area (Å²) in [6, 6.07) is 12.9. The van der Waals surface area contributed by atoms with E-state index in [1.165, 1.54) is 10.6 Å². The highest BCUT2D eigenvalue weighted by Gasteiger charge is 2.27. The van der Waals surface area contributed by atoms with E-state index in [-0.39, 0.29) is 24.8 Å². The Kier molecular flexibility index (Phi) is 10.5. The zero-order valence-corrected chi connectivity index (χ0v) is 23.5. The summed E-state index contributed by atoms with van der Waals surface area (Å²) in [5.41, 5.74) is 4.47. The molecule has 7 nitrogen and oxygen atoms in total. The van der Waals surface area contributed by atoms with E-state index in [0.717, 1.165) is 22.3 Å². The first-order valence-corrected chi connectivity index (χ1v) is 14.3. The summed E-state index contributed by atoms with van der Waals surface area (Å²) in [5.74, 6) is -0.0786. The summed E-state index contributed by atoms with van der Waals surface area (Å²) in [7, 11) is -3.53. The molecule has 2 rings (SSSR count). The van der Waals surface area contributed by atoms with Crippen molar-refractivity contribution in [1.82, 2.24) is 10.2 Å². The number of aryl methyl sites for hydroxylation is 3. The summed E-state index contributed by atoms with van der Waals surface area (Å²) in [6.45, 7) is 12.6. The fraction of sp³-hybridized carbons (Fsp3) is 0.500. The fourth-order valence-electron chi connectivity index (χ4n) is 4.01. The number of sulfonamides is 1. The predicted molar refractivity (Wildman–Crippen MR) is 146 cm³/mol. The van der Waals surface area contributed by atoms with Crippen molar-refractivity contribution in [3.63, 3.8) is 0 Å². The average molecular weight is 516 g/mol. The van der Waals surface area contributed by atoms with Crippen molar-refractivity contribution in [2.45, 2.75) is 67.0 Å². The van der Waals surface area contributed by atoms with Gasteiger partial charge in [-0.15, -0.1) is 0 Å². The molecule has 0 aliphatic heterocycles. The first kappa shape index (κ1) is 29.4. The van der Waals surface area contributed by atoms with Crippen LogP contribution in [-0.2, 0) is 26.2 Å². The molecule has 198 valence electrons. The second-order valence-electron chi connectivity index (χ2n) is 10.1. The summed E-state index contributed by atoms with van der Waals surface area (Å²) in [6.07, 6.45) is 1.65. The zero-order valence-electron chi connectivity index (χ0n) is 22.7. The van der Waals surface area contributed by atoms with Crippen molar-refractivity contribution in [2.75, 3.05) is 23.7 Å². The zero-order chi connectivity index (χ0) is 27.0. The molecule has 1 atom stereocenters. The van der Waals surface area contributed by atoms with Gasteiger partial charge in [-0.1, -0.05) is 55.8 Å². The normalized spacial score (nSPS) is 12.3. The lowest BCUT2D eigenvalue weighted by Gasteiger charge is -2.30. The number of rotatable bonds is 12. The van der Waals surface area contributed by atoms with Crippen molar-refractivity contribution in [2.24, 2.45) is 5.92 Å². The lowest BCUT2D eigenvalue weighted by atomic mass is 10.1. The molecular weight excluding hydrogens is 474 g/mol. The number of nitrogens with zero attached hydrogens (tertiary/aromatic N) is 2. The Labute approximate surface area is 216 Å². The maximum atomic E-state index is 13.4. The second-order valence-corrected chi connectivity index (χ2v) is 12.0. The maximum Gasteiger partial charge on any atom is 0.242 e. The highest BCUT2D eigenvalue weighted by atomic mass is 32.2.